The zero-order valence-corrected chi connectivity index (χ0v) is 12.2. The Hall–Kier alpha value is -0.130. The molecule has 104 valence electrons. The SMILES string of the molecule is CCCNC(CCCOCC)CCS(C)(=O)=O. The lowest BCUT2D eigenvalue weighted by atomic mass is 10.1. The van der Waals surface area contributed by atoms with Gasteiger partial charge in [0.05, 0.1) is 5.75 Å². The Morgan fingerprint density at radius 3 is 2.47 bits per heavy atom. The number of hydrogen-bond acceptors (Lipinski definition) is 4. The molecule has 0 spiro atoms. The zero-order valence-electron chi connectivity index (χ0n) is 11.4. The summed E-state index contributed by atoms with van der Waals surface area (Å²) in [5.74, 6) is 0.267. The van der Waals surface area contributed by atoms with Crippen LogP contribution in [0.5, 0.6) is 0 Å². The summed E-state index contributed by atoms with van der Waals surface area (Å²) in [6.45, 7) is 6.55. The summed E-state index contributed by atoms with van der Waals surface area (Å²) in [6.07, 6.45) is 5.03. The Bertz CT molecular complexity index is 265. The molecule has 0 saturated carbocycles. The summed E-state index contributed by atoms with van der Waals surface area (Å²) in [7, 11) is -2.85. The minimum Gasteiger partial charge on any atom is -0.382 e. The van der Waals surface area contributed by atoms with Crippen molar-refractivity contribution in [2.45, 2.75) is 45.6 Å². The molecular formula is C12H27NO3S. The smallest absolute Gasteiger partial charge is 0.147 e. The third-order valence-corrected chi connectivity index (χ3v) is 3.54. The Morgan fingerprint density at radius 2 is 1.94 bits per heavy atom. The topological polar surface area (TPSA) is 55.4 Å². The molecule has 0 aliphatic heterocycles. The molecule has 1 atom stereocenters. The highest BCUT2D eigenvalue weighted by atomic mass is 32.2. The van der Waals surface area contributed by atoms with Gasteiger partial charge in [-0.1, -0.05) is 6.92 Å². The van der Waals surface area contributed by atoms with Crippen LogP contribution in [0.1, 0.15) is 39.5 Å². The summed E-state index contributed by atoms with van der Waals surface area (Å²) in [6, 6.07) is 0.296. The van der Waals surface area contributed by atoms with Gasteiger partial charge in [-0.15, -0.1) is 0 Å². The molecule has 0 radical (unpaired) electrons. The molecule has 0 aliphatic rings. The molecule has 0 aliphatic carbocycles. The molecule has 0 rings (SSSR count). The molecule has 5 heteroatoms. The van der Waals surface area contributed by atoms with Gasteiger partial charge in [-0.25, -0.2) is 8.42 Å². The van der Waals surface area contributed by atoms with Crippen LogP contribution in [0.3, 0.4) is 0 Å². The van der Waals surface area contributed by atoms with E-state index in [2.05, 4.69) is 12.2 Å². The first kappa shape index (κ1) is 16.9. The number of nitrogens with one attached hydrogen (secondary N) is 1. The molecule has 4 nitrogen and oxygen atoms in total. The highest BCUT2D eigenvalue weighted by molar-refractivity contribution is 7.90. The van der Waals surface area contributed by atoms with Gasteiger partial charge in [-0.2, -0.15) is 0 Å². The van der Waals surface area contributed by atoms with Crippen molar-refractivity contribution in [2.75, 3.05) is 31.8 Å². The fourth-order valence-corrected chi connectivity index (χ4v) is 2.34. The largest absolute Gasteiger partial charge is 0.382 e. The monoisotopic (exact) mass is 265 g/mol. The maximum absolute atomic E-state index is 11.1. The molecule has 17 heavy (non-hydrogen) atoms. The predicted octanol–water partition coefficient (Wildman–Crippen LogP) is 1.61. The average Bonchev–Trinajstić information content (AvgIpc) is 2.25. The molecule has 0 bridgehead atoms. The van der Waals surface area contributed by atoms with E-state index in [-0.39, 0.29) is 5.75 Å². The maximum Gasteiger partial charge on any atom is 0.147 e. The van der Waals surface area contributed by atoms with Crippen molar-refractivity contribution in [2.24, 2.45) is 0 Å². The zero-order chi connectivity index (χ0) is 13.1. The highest BCUT2D eigenvalue weighted by Crippen LogP contribution is 2.05. The van der Waals surface area contributed by atoms with Crippen molar-refractivity contribution in [1.29, 1.82) is 0 Å². The summed E-state index contributed by atoms with van der Waals surface area (Å²) in [5, 5.41) is 3.40. The van der Waals surface area contributed by atoms with E-state index < -0.39 is 9.84 Å². The summed E-state index contributed by atoms with van der Waals surface area (Å²) < 4.78 is 27.6. The molecule has 0 aromatic carbocycles. The van der Waals surface area contributed by atoms with Crippen LogP contribution in [0.15, 0.2) is 0 Å². The number of hydrogen-bond donors (Lipinski definition) is 1. The third kappa shape index (κ3) is 12.1. The van der Waals surface area contributed by atoms with Gasteiger partial charge in [0.1, 0.15) is 9.84 Å². The van der Waals surface area contributed by atoms with Crippen LogP contribution in [-0.4, -0.2) is 46.2 Å². The lowest BCUT2D eigenvalue weighted by Crippen LogP contribution is -2.32. The molecule has 0 heterocycles. The van der Waals surface area contributed by atoms with Gasteiger partial charge in [-0.3, -0.25) is 0 Å². The van der Waals surface area contributed by atoms with Crippen LogP contribution in [0.2, 0.25) is 0 Å². The van der Waals surface area contributed by atoms with Crippen LogP contribution in [0, 0.1) is 0 Å². The molecule has 1 N–H and O–H groups in total. The van der Waals surface area contributed by atoms with Crippen molar-refractivity contribution < 1.29 is 13.2 Å². The minimum atomic E-state index is -2.85. The van der Waals surface area contributed by atoms with E-state index in [0.717, 1.165) is 39.0 Å². The van der Waals surface area contributed by atoms with Crippen LogP contribution in [0.4, 0.5) is 0 Å². The first-order valence-corrected chi connectivity index (χ1v) is 8.54. The average molecular weight is 265 g/mol. The third-order valence-electron chi connectivity index (χ3n) is 2.57. The van der Waals surface area contributed by atoms with Crippen molar-refractivity contribution >= 4 is 9.84 Å². The molecule has 0 saturated heterocycles. The number of ether oxygens (including phenoxy) is 1. The van der Waals surface area contributed by atoms with Gasteiger partial charge < -0.3 is 10.1 Å². The van der Waals surface area contributed by atoms with Gasteiger partial charge in [0.15, 0.2) is 0 Å². The van der Waals surface area contributed by atoms with E-state index >= 15 is 0 Å². The molecular weight excluding hydrogens is 238 g/mol. The van der Waals surface area contributed by atoms with E-state index in [1.54, 1.807) is 0 Å². The van der Waals surface area contributed by atoms with Gasteiger partial charge >= 0.3 is 0 Å². The lowest BCUT2D eigenvalue weighted by Gasteiger charge is -2.17. The van der Waals surface area contributed by atoms with Crippen LogP contribution in [0.25, 0.3) is 0 Å². The Balaban J connectivity index is 3.87. The van der Waals surface area contributed by atoms with Crippen LogP contribution in [-0.2, 0) is 14.6 Å². The van der Waals surface area contributed by atoms with Crippen LogP contribution < -0.4 is 5.32 Å². The van der Waals surface area contributed by atoms with Gasteiger partial charge in [-0.05, 0) is 39.2 Å². The van der Waals surface area contributed by atoms with E-state index in [1.807, 2.05) is 6.92 Å². The first-order valence-electron chi connectivity index (χ1n) is 6.48. The quantitative estimate of drug-likeness (QED) is 0.577. The van der Waals surface area contributed by atoms with Crippen LogP contribution >= 0.6 is 0 Å². The Kier molecular flexibility index (Phi) is 9.78. The Labute approximate surface area is 106 Å². The van der Waals surface area contributed by atoms with Crippen molar-refractivity contribution in [3.63, 3.8) is 0 Å². The normalized spacial score (nSPS) is 13.8. The second-order valence-corrected chi connectivity index (χ2v) is 6.67. The van der Waals surface area contributed by atoms with E-state index in [4.69, 9.17) is 4.74 Å². The minimum absolute atomic E-state index is 0.267. The summed E-state index contributed by atoms with van der Waals surface area (Å²) >= 11 is 0. The van der Waals surface area contributed by atoms with Crippen molar-refractivity contribution in [1.82, 2.24) is 5.32 Å². The lowest BCUT2D eigenvalue weighted by molar-refractivity contribution is 0.140. The standard InChI is InChI=1S/C12H27NO3S/c1-4-9-13-12(7-6-10-16-5-2)8-11-17(3,14)15/h12-13H,4-11H2,1-3H3. The van der Waals surface area contributed by atoms with Gasteiger partial charge in [0, 0.05) is 25.5 Å². The second-order valence-electron chi connectivity index (χ2n) is 4.41. The van der Waals surface area contributed by atoms with Gasteiger partial charge in [0.2, 0.25) is 0 Å². The molecule has 0 fully saturated rings. The fourth-order valence-electron chi connectivity index (χ4n) is 1.63. The van der Waals surface area contributed by atoms with E-state index in [9.17, 15) is 8.42 Å². The Morgan fingerprint density at radius 1 is 1.24 bits per heavy atom. The highest BCUT2D eigenvalue weighted by Gasteiger charge is 2.11. The molecule has 0 aromatic heterocycles. The summed E-state index contributed by atoms with van der Waals surface area (Å²) in [4.78, 5) is 0. The summed E-state index contributed by atoms with van der Waals surface area (Å²) in [5.41, 5.74) is 0. The van der Waals surface area contributed by atoms with Gasteiger partial charge in [0.25, 0.3) is 0 Å². The molecule has 0 amide bonds. The van der Waals surface area contributed by atoms with E-state index in [0.29, 0.717) is 12.5 Å². The fraction of sp³-hybridized carbons (Fsp3) is 1.00. The molecule has 0 aromatic rings. The molecule has 1 unspecified atom stereocenters. The first-order chi connectivity index (χ1) is 7.99. The van der Waals surface area contributed by atoms with E-state index in [1.165, 1.54) is 6.26 Å². The maximum atomic E-state index is 11.1. The number of rotatable bonds is 11. The van der Waals surface area contributed by atoms with Crippen molar-refractivity contribution in [3.05, 3.63) is 0 Å². The second kappa shape index (κ2) is 9.85. The number of sulfone groups is 1. The predicted molar refractivity (Wildman–Crippen MR) is 72.1 cm³/mol. The van der Waals surface area contributed by atoms with Crippen molar-refractivity contribution in [3.8, 4) is 0 Å².